The molecule has 1 aliphatic heterocycles. The van der Waals surface area contributed by atoms with Crippen LogP contribution in [0.25, 0.3) is 66.4 Å². The monoisotopic (exact) mass is 746 g/mol. The first-order valence-electron chi connectivity index (χ1n) is 19.7. The lowest BCUT2D eigenvalue weighted by molar-refractivity contribution is 1.09. The summed E-state index contributed by atoms with van der Waals surface area (Å²) in [6.07, 6.45) is 7.89. The maximum absolute atomic E-state index is 2.42. The highest BCUT2D eigenvalue weighted by molar-refractivity contribution is 8.00. The van der Waals surface area contributed by atoms with Crippen LogP contribution in [0.2, 0.25) is 0 Å². The van der Waals surface area contributed by atoms with Crippen molar-refractivity contribution in [1.82, 2.24) is 4.57 Å². The van der Waals surface area contributed by atoms with E-state index in [1.54, 1.807) is 0 Å². The molecule has 1 unspecified atom stereocenters. The van der Waals surface area contributed by atoms with Crippen molar-refractivity contribution >= 4 is 56.2 Å². The molecule has 0 bridgehead atoms. The molecule has 2 heterocycles. The number of benzene rings is 8. The van der Waals surface area contributed by atoms with Gasteiger partial charge in [0.25, 0.3) is 0 Å². The average Bonchev–Trinajstić information content (AvgIpc) is 3.83. The van der Waals surface area contributed by atoms with E-state index in [4.69, 9.17) is 0 Å². The van der Waals surface area contributed by atoms with Crippen LogP contribution in [0.3, 0.4) is 0 Å². The van der Waals surface area contributed by atoms with Gasteiger partial charge >= 0.3 is 0 Å². The first kappa shape index (κ1) is 33.5. The fourth-order valence-electron chi connectivity index (χ4n) is 8.85. The number of fused-ring (bicyclic) bond motifs is 6. The number of para-hydroxylation sites is 3. The van der Waals surface area contributed by atoms with E-state index in [1.165, 1.54) is 76.9 Å². The van der Waals surface area contributed by atoms with Crippen molar-refractivity contribution in [2.45, 2.75) is 16.6 Å². The lowest BCUT2D eigenvalue weighted by Gasteiger charge is -2.27. The summed E-state index contributed by atoms with van der Waals surface area (Å²) in [5, 5.41) is 3.02. The van der Waals surface area contributed by atoms with Crippen molar-refractivity contribution in [3.05, 3.63) is 218 Å². The van der Waals surface area contributed by atoms with Crippen LogP contribution in [-0.2, 0) is 0 Å². The number of hydrogen-bond acceptors (Lipinski definition) is 2. The summed E-state index contributed by atoms with van der Waals surface area (Å²) in [5.41, 5.74) is 17.0. The largest absolute Gasteiger partial charge is 0.310 e. The molecule has 57 heavy (non-hydrogen) atoms. The lowest BCUT2D eigenvalue weighted by Crippen LogP contribution is -2.10. The van der Waals surface area contributed by atoms with E-state index < -0.39 is 0 Å². The maximum Gasteiger partial charge on any atom is 0.0541 e. The van der Waals surface area contributed by atoms with Gasteiger partial charge in [0.05, 0.1) is 16.7 Å². The topological polar surface area (TPSA) is 8.17 Å². The third-order valence-electron chi connectivity index (χ3n) is 11.5. The van der Waals surface area contributed by atoms with Gasteiger partial charge in [0, 0.05) is 43.5 Å². The van der Waals surface area contributed by atoms with Crippen LogP contribution in [0.15, 0.2) is 217 Å². The Kier molecular flexibility index (Phi) is 8.26. The molecule has 0 radical (unpaired) electrons. The fraction of sp³-hybridized carbons (Fsp3) is 0.0370. The van der Waals surface area contributed by atoms with Crippen LogP contribution >= 0.6 is 11.8 Å². The predicted molar refractivity (Wildman–Crippen MR) is 243 cm³/mol. The highest BCUT2D eigenvalue weighted by Crippen LogP contribution is 2.50. The molecule has 2 nitrogen and oxygen atoms in total. The molecule has 9 aromatic rings. The summed E-state index contributed by atoms with van der Waals surface area (Å²) in [4.78, 5) is 3.77. The Morgan fingerprint density at radius 3 is 1.65 bits per heavy atom. The van der Waals surface area contributed by atoms with Crippen molar-refractivity contribution in [3.63, 3.8) is 0 Å². The average molecular weight is 747 g/mol. The molecule has 270 valence electrons. The Morgan fingerprint density at radius 2 is 0.982 bits per heavy atom. The summed E-state index contributed by atoms with van der Waals surface area (Å²) in [5.74, 6) is 0. The maximum atomic E-state index is 2.42. The van der Waals surface area contributed by atoms with Crippen LogP contribution in [0.1, 0.15) is 12.0 Å². The van der Waals surface area contributed by atoms with Gasteiger partial charge in [-0.1, -0.05) is 152 Å². The quantitative estimate of drug-likeness (QED) is 0.160. The number of rotatable bonds is 7. The molecule has 0 N–H and O–H groups in total. The number of nitrogens with zero attached hydrogens (tertiary/aromatic N) is 2. The van der Waals surface area contributed by atoms with Crippen LogP contribution < -0.4 is 4.90 Å². The van der Waals surface area contributed by atoms with Crippen molar-refractivity contribution in [2.24, 2.45) is 0 Å². The van der Waals surface area contributed by atoms with Crippen LogP contribution in [0.5, 0.6) is 0 Å². The second-order valence-electron chi connectivity index (χ2n) is 14.8. The molecule has 0 saturated carbocycles. The van der Waals surface area contributed by atoms with E-state index in [0.717, 1.165) is 23.5 Å². The molecule has 3 heteroatoms. The molecule has 8 aromatic carbocycles. The first-order chi connectivity index (χ1) is 28.3. The summed E-state index contributed by atoms with van der Waals surface area (Å²) in [7, 11) is 0. The van der Waals surface area contributed by atoms with E-state index in [9.17, 15) is 0 Å². The smallest absolute Gasteiger partial charge is 0.0541 e. The number of allylic oxidation sites excluding steroid dienone is 3. The number of aromatic nitrogens is 1. The van der Waals surface area contributed by atoms with Crippen molar-refractivity contribution in [3.8, 4) is 39.1 Å². The molecule has 2 aliphatic rings. The first-order valence-corrected chi connectivity index (χ1v) is 20.6. The Labute approximate surface area is 337 Å². The van der Waals surface area contributed by atoms with E-state index >= 15 is 0 Å². The van der Waals surface area contributed by atoms with E-state index in [1.807, 2.05) is 11.8 Å². The van der Waals surface area contributed by atoms with E-state index in [0.29, 0.717) is 5.25 Å². The molecular formula is C54H38N2S. The van der Waals surface area contributed by atoms with Gasteiger partial charge in [-0.3, -0.25) is 0 Å². The Hall–Kier alpha value is -6.81. The molecule has 0 amide bonds. The molecule has 11 rings (SSSR count). The van der Waals surface area contributed by atoms with E-state index in [2.05, 4.69) is 222 Å². The molecule has 0 saturated heterocycles. The summed E-state index contributed by atoms with van der Waals surface area (Å²) in [6.45, 7) is 0. The highest BCUT2D eigenvalue weighted by Gasteiger charge is 2.29. The number of thioether (sulfide) groups is 1. The van der Waals surface area contributed by atoms with Crippen LogP contribution in [-0.4, -0.2) is 9.82 Å². The van der Waals surface area contributed by atoms with Gasteiger partial charge in [-0.15, -0.1) is 11.8 Å². The summed E-state index contributed by atoms with van der Waals surface area (Å²) >= 11 is 1.99. The number of anilines is 3. The minimum atomic E-state index is 0.492. The highest BCUT2D eigenvalue weighted by atomic mass is 32.2. The molecule has 1 aromatic heterocycles. The minimum absolute atomic E-state index is 0.492. The second-order valence-corrected chi connectivity index (χ2v) is 16.0. The zero-order valence-electron chi connectivity index (χ0n) is 31.3. The molecule has 1 atom stereocenters. The van der Waals surface area contributed by atoms with Gasteiger partial charge in [-0.05, 0) is 106 Å². The van der Waals surface area contributed by atoms with E-state index in [-0.39, 0.29) is 0 Å². The Morgan fingerprint density at radius 1 is 0.456 bits per heavy atom. The minimum Gasteiger partial charge on any atom is -0.310 e. The second kappa shape index (κ2) is 14.0. The third kappa shape index (κ3) is 5.82. The van der Waals surface area contributed by atoms with Gasteiger partial charge in [-0.25, -0.2) is 0 Å². The molecule has 0 fully saturated rings. The van der Waals surface area contributed by atoms with Crippen molar-refractivity contribution in [2.75, 3.05) is 4.90 Å². The zero-order valence-corrected chi connectivity index (χ0v) is 32.1. The normalized spacial score (nSPS) is 14.4. The van der Waals surface area contributed by atoms with Crippen molar-refractivity contribution in [1.29, 1.82) is 0 Å². The SMILES string of the molecule is C1=CCC2Sc3ccc(N(c4ccc(-c5ccccc5-c5ccccc5)cc4)c4ccc(-c5ccccc5-n5c6ccccc6c6ccccc65)cc4)cc3C2=C1. The number of hydrogen-bond donors (Lipinski definition) is 0. The van der Waals surface area contributed by atoms with Gasteiger partial charge in [0.1, 0.15) is 0 Å². The van der Waals surface area contributed by atoms with Gasteiger partial charge < -0.3 is 9.47 Å². The summed E-state index contributed by atoms with van der Waals surface area (Å²) in [6, 6.07) is 70.9. The Balaban J connectivity index is 1.02. The molecule has 0 spiro atoms. The third-order valence-corrected chi connectivity index (χ3v) is 12.9. The van der Waals surface area contributed by atoms with Gasteiger partial charge in [-0.2, -0.15) is 0 Å². The fourth-order valence-corrected chi connectivity index (χ4v) is 10.1. The van der Waals surface area contributed by atoms with Crippen LogP contribution in [0.4, 0.5) is 17.1 Å². The Bertz CT molecular complexity index is 2950. The van der Waals surface area contributed by atoms with Gasteiger partial charge in [0.15, 0.2) is 0 Å². The van der Waals surface area contributed by atoms with Gasteiger partial charge in [0.2, 0.25) is 0 Å². The standard InChI is InChI=1S/C54H38N2S/c1-2-14-37(15-3-1)43-16-4-5-17-44(43)38-26-30-40(31-27-38)55(42-34-35-54-49(36-42)48-21-9-13-25-53(48)57-54)41-32-28-39(29-33-41)45-18-6-10-22-50(45)56-51-23-11-7-19-46(51)47-20-8-12-24-52(47)56/h1-24,26-36,53H,25H2. The predicted octanol–water partition coefficient (Wildman–Crippen LogP) is 15.1. The zero-order chi connectivity index (χ0) is 37.7. The van der Waals surface area contributed by atoms with Crippen molar-refractivity contribution < 1.29 is 0 Å². The molecular weight excluding hydrogens is 709 g/mol. The summed E-state index contributed by atoms with van der Waals surface area (Å²) < 4.78 is 2.42. The van der Waals surface area contributed by atoms with Crippen LogP contribution in [0, 0.1) is 0 Å². The lowest BCUT2D eigenvalue weighted by atomic mass is 9.94. The molecule has 1 aliphatic carbocycles.